The van der Waals surface area contributed by atoms with Gasteiger partial charge in [0.2, 0.25) is 0 Å². The minimum Gasteiger partial charge on any atom is -0.743 e. The van der Waals surface area contributed by atoms with Crippen LogP contribution in [0.5, 0.6) is 0 Å². The second-order valence-electron chi connectivity index (χ2n) is 9.10. The Kier molecular flexibility index (Phi) is 13.1. The van der Waals surface area contributed by atoms with Gasteiger partial charge in [0.15, 0.2) is 10.1 Å². The molecule has 0 aromatic carbocycles. The van der Waals surface area contributed by atoms with E-state index in [0.717, 1.165) is 0 Å². The predicted molar refractivity (Wildman–Crippen MR) is 108 cm³/mol. The first-order valence-electron chi connectivity index (χ1n) is 11.6. The van der Waals surface area contributed by atoms with Crippen LogP contribution >= 0.6 is 0 Å². The van der Waals surface area contributed by atoms with Crippen molar-refractivity contribution < 1.29 is 114 Å². The molecule has 0 unspecified atom stereocenters. The van der Waals surface area contributed by atoms with E-state index in [9.17, 15) is 110 Å². The molecule has 0 amide bonds. The van der Waals surface area contributed by atoms with Crippen LogP contribution in [0.2, 0.25) is 0 Å². The SMILES string of the molecule is CC[N+](CC)(CC)CC.O=S(=O)([O-])C(F)(F)C(F)(F)C(F)(F)C(F)(F)C(F)(F)C(F)(F)C(F)(F)C(F)(F)C(F)(F)C(F)(F)C(F)F. The lowest BCUT2D eigenvalue weighted by molar-refractivity contribution is -0.921. The van der Waals surface area contributed by atoms with E-state index in [1.165, 1.54) is 30.7 Å². The molecule has 0 aliphatic heterocycles. The topological polar surface area (TPSA) is 57.2 Å². The van der Waals surface area contributed by atoms with E-state index in [-0.39, 0.29) is 0 Å². The highest BCUT2D eigenvalue weighted by atomic mass is 32.2. The average Bonchev–Trinajstić information content (AvgIpc) is 2.88. The number of alkyl halides is 22. The van der Waals surface area contributed by atoms with Gasteiger partial charge in [0, 0.05) is 0 Å². The van der Waals surface area contributed by atoms with Crippen LogP contribution in [0.15, 0.2) is 0 Å². The Balaban J connectivity index is 0. The van der Waals surface area contributed by atoms with E-state index in [1.807, 2.05) is 0 Å². The van der Waals surface area contributed by atoms with Crippen LogP contribution in [0.4, 0.5) is 96.6 Å². The van der Waals surface area contributed by atoms with Crippen molar-refractivity contribution in [3.63, 3.8) is 0 Å². The van der Waals surface area contributed by atoms with Gasteiger partial charge in [-0.15, -0.1) is 0 Å². The van der Waals surface area contributed by atoms with Gasteiger partial charge in [-0.05, 0) is 27.7 Å². The molecule has 0 saturated heterocycles. The average molecular weight is 761 g/mol. The predicted octanol–water partition coefficient (Wildman–Crippen LogP) is 7.99. The smallest absolute Gasteiger partial charge is 0.402 e. The summed E-state index contributed by atoms with van der Waals surface area (Å²) >= 11 is 0. The highest BCUT2D eigenvalue weighted by Crippen LogP contribution is 2.66. The maximum absolute atomic E-state index is 13.4. The fraction of sp³-hybridized carbons (Fsp3) is 1.00. The Bertz CT molecular complexity index is 1120. The van der Waals surface area contributed by atoms with Gasteiger partial charge in [-0.3, -0.25) is 0 Å². The zero-order chi connectivity index (χ0) is 38.4. The minimum absolute atomic E-state index is 1.28. The molecule has 0 aliphatic rings. The van der Waals surface area contributed by atoms with Gasteiger partial charge in [0.1, 0.15) is 0 Å². The molecule has 0 saturated carbocycles. The Morgan fingerprint density at radius 3 is 0.804 bits per heavy atom. The highest BCUT2D eigenvalue weighted by Gasteiger charge is 2.98. The van der Waals surface area contributed by atoms with E-state index in [2.05, 4.69) is 27.7 Å². The molecule has 0 fully saturated rings. The lowest BCUT2D eigenvalue weighted by Gasteiger charge is -2.45. The van der Waals surface area contributed by atoms with Gasteiger partial charge in [0.25, 0.3) is 0 Å². The molecule has 280 valence electrons. The summed E-state index contributed by atoms with van der Waals surface area (Å²) in [6, 6.07) is 0. The molecule has 0 aliphatic carbocycles. The van der Waals surface area contributed by atoms with Gasteiger partial charge < -0.3 is 9.04 Å². The maximum Gasteiger partial charge on any atom is 0.402 e. The van der Waals surface area contributed by atoms with Crippen LogP contribution in [0.1, 0.15) is 27.7 Å². The van der Waals surface area contributed by atoms with Crippen molar-refractivity contribution in [3.8, 4) is 0 Å². The summed E-state index contributed by atoms with van der Waals surface area (Å²) in [5.41, 5.74) is 0. The van der Waals surface area contributed by atoms with Crippen molar-refractivity contribution in [1.82, 2.24) is 0 Å². The summed E-state index contributed by atoms with van der Waals surface area (Å²) in [6.45, 7) is 14.2. The molecule has 4 nitrogen and oxygen atoms in total. The molecule has 0 aromatic heterocycles. The van der Waals surface area contributed by atoms with Gasteiger partial charge in [-0.25, -0.2) is 17.2 Å². The fourth-order valence-electron chi connectivity index (χ4n) is 3.21. The Labute approximate surface area is 244 Å². The van der Waals surface area contributed by atoms with E-state index in [1.54, 1.807) is 0 Å². The zero-order valence-electron chi connectivity index (χ0n) is 22.8. The molecule has 0 N–H and O–H groups in total. The number of halogens is 22. The van der Waals surface area contributed by atoms with Crippen molar-refractivity contribution in [1.29, 1.82) is 0 Å². The minimum atomic E-state index is -9.47. The Morgan fingerprint density at radius 2 is 0.652 bits per heavy atom. The van der Waals surface area contributed by atoms with Gasteiger partial charge >= 0.3 is 65.0 Å². The van der Waals surface area contributed by atoms with Crippen LogP contribution in [-0.4, -0.2) is 109 Å². The van der Waals surface area contributed by atoms with Gasteiger partial charge in [-0.1, -0.05) is 0 Å². The number of quaternary nitrogens is 1. The Morgan fingerprint density at radius 1 is 0.457 bits per heavy atom. The molecule has 0 atom stereocenters. The molecule has 0 heterocycles. The first kappa shape index (κ1) is 46.4. The zero-order valence-corrected chi connectivity index (χ0v) is 23.6. The third-order valence-electron chi connectivity index (χ3n) is 6.82. The summed E-state index contributed by atoms with van der Waals surface area (Å²) in [7, 11) is -8.38. The van der Waals surface area contributed by atoms with Crippen molar-refractivity contribution >= 4 is 10.1 Å². The highest BCUT2D eigenvalue weighted by molar-refractivity contribution is 7.86. The first-order valence-corrected chi connectivity index (χ1v) is 13.0. The number of rotatable bonds is 15. The standard InChI is InChI=1S/C11H2F22O3S.C8H20N/c12-1(13)2(14,15)3(16,17)4(18,19)5(20,21)6(22,23)7(24,25)8(26,27)9(28,29)10(30,31)11(32,33)37(34,35)36;1-5-9(6-2,7-3)8-4/h1H,(H,34,35,36);5-8H2,1-4H3/q;+1/p-1. The molecule has 0 bridgehead atoms. The Hall–Kier alpha value is -1.67. The van der Waals surface area contributed by atoms with Crippen LogP contribution in [0.25, 0.3) is 0 Å². The third kappa shape index (κ3) is 6.40. The quantitative estimate of drug-likeness (QED) is 0.0967. The van der Waals surface area contributed by atoms with Crippen molar-refractivity contribution in [2.45, 2.75) is 92.7 Å². The van der Waals surface area contributed by atoms with E-state index in [0.29, 0.717) is 0 Å². The number of hydrogen-bond acceptors (Lipinski definition) is 3. The lowest BCUT2D eigenvalue weighted by Crippen LogP contribution is -2.77. The first-order chi connectivity index (χ1) is 19.7. The van der Waals surface area contributed by atoms with E-state index in [4.69, 9.17) is 0 Å². The van der Waals surface area contributed by atoms with Crippen LogP contribution in [-0.2, 0) is 10.1 Å². The van der Waals surface area contributed by atoms with E-state index >= 15 is 0 Å². The van der Waals surface area contributed by atoms with Crippen molar-refractivity contribution in [2.75, 3.05) is 26.2 Å². The summed E-state index contributed by atoms with van der Waals surface area (Å²) < 4.78 is 317. The normalized spacial score (nSPS) is 16.0. The summed E-state index contributed by atoms with van der Waals surface area (Å²) in [5, 5.41) is -8.21. The van der Waals surface area contributed by atoms with Gasteiger partial charge in [-0.2, -0.15) is 87.8 Å². The lowest BCUT2D eigenvalue weighted by atomic mass is 9.86. The summed E-state index contributed by atoms with van der Waals surface area (Å²) in [6.07, 6.45) is -6.25. The van der Waals surface area contributed by atoms with Crippen molar-refractivity contribution in [3.05, 3.63) is 0 Å². The number of hydrogen-bond donors (Lipinski definition) is 0. The molecule has 27 heteroatoms. The molecule has 46 heavy (non-hydrogen) atoms. The van der Waals surface area contributed by atoms with Crippen molar-refractivity contribution in [2.24, 2.45) is 0 Å². The summed E-state index contributed by atoms with van der Waals surface area (Å²) in [4.78, 5) is 0. The van der Waals surface area contributed by atoms with Crippen LogP contribution in [0.3, 0.4) is 0 Å². The summed E-state index contributed by atoms with van der Waals surface area (Å²) in [5.74, 6) is -81.4. The van der Waals surface area contributed by atoms with Crippen LogP contribution in [0, 0.1) is 0 Å². The molecular formula is C19H21F22NO3S. The van der Waals surface area contributed by atoms with Gasteiger partial charge in [0.05, 0.1) is 26.2 Å². The molecular weight excluding hydrogens is 740 g/mol. The largest absolute Gasteiger partial charge is 0.743 e. The second-order valence-corrected chi connectivity index (χ2v) is 10.5. The molecule has 0 rings (SSSR count). The molecule has 0 radical (unpaired) electrons. The monoisotopic (exact) mass is 761 g/mol. The molecule has 0 spiro atoms. The van der Waals surface area contributed by atoms with E-state index < -0.39 is 75.1 Å². The molecule has 0 aromatic rings. The number of nitrogens with zero attached hydrogens (tertiary/aromatic N) is 1. The second kappa shape index (κ2) is 13.0. The maximum atomic E-state index is 13.4. The third-order valence-corrected chi connectivity index (χ3v) is 7.70. The van der Waals surface area contributed by atoms with Crippen LogP contribution < -0.4 is 0 Å². The fourth-order valence-corrected chi connectivity index (χ4v) is 3.65.